The molecular weight excluding hydrogens is 503 g/mol. The molecule has 192 valence electrons. The van der Waals surface area contributed by atoms with Crippen LogP contribution in [0.5, 0.6) is 0 Å². The Morgan fingerprint density at radius 1 is 1.14 bits per heavy atom. The maximum Gasteiger partial charge on any atom is 0.416 e. The molecule has 1 amide bonds. The molecule has 11 heteroatoms. The van der Waals surface area contributed by atoms with Crippen molar-refractivity contribution in [3.8, 4) is 0 Å². The topological polar surface area (TPSA) is 92.5 Å². The molecule has 35 heavy (non-hydrogen) atoms. The van der Waals surface area contributed by atoms with Gasteiger partial charge < -0.3 is 11.1 Å². The van der Waals surface area contributed by atoms with Crippen LogP contribution in [0.3, 0.4) is 0 Å². The zero-order valence-corrected chi connectivity index (χ0v) is 20.9. The lowest BCUT2D eigenvalue weighted by molar-refractivity contribution is -0.138. The van der Waals surface area contributed by atoms with Crippen LogP contribution in [-0.2, 0) is 22.6 Å². The molecule has 0 saturated carbocycles. The number of nitrogens with zero attached hydrogens (tertiary/aromatic N) is 1. The van der Waals surface area contributed by atoms with Crippen molar-refractivity contribution in [3.63, 3.8) is 0 Å². The number of sulfone groups is 1. The number of carbonyl (C=O) groups excluding carboxylic acids is 1. The fourth-order valence-corrected chi connectivity index (χ4v) is 5.67. The minimum absolute atomic E-state index is 0.0170. The third-order valence-corrected chi connectivity index (χ3v) is 8.28. The van der Waals surface area contributed by atoms with Gasteiger partial charge in [0, 0.05) is 29.7 Å². The highest BCUT2D eigenvalue weighted by Crippen LogP contribution is 2.37. The number of hydrogen-bond donors (Lipinski definition) is 2. The quantitative estimate of drug-likeness (QED) is 0.520. The number of hydrogen-bond acceptors (Lipinski definition) is 5. The third kappa shape index (κ3) is 6.55. The van der Waals surface area contributed by atoms with E-state index in [1.54, 1.807) is 0 Å². The number of nitrogens with one attached hydrogen (secondary N) is 1. The van der Waals surface area contributed by atoms with Crippen LogP contribution in [0.25, 0.3) is 0 Å². The Morgan fingerprint density at radius 3 is 2.43 bits per heavy atom. The number of rotatable bonds is 8. The van der Waals surface area contributed by atoms with Crippen molar-refractivity contribution in [2.24, 2.45) is 5.73 Å². The summed E-state index contributed by atoms with van der Waals surface area (Å²) in [5.74, 6) is -0.908. The Hall–Kier alpha value is -2.14. The molecule has 3 N–H and O–H groups in total. The van der Waals surface area contributed by atoms with Gasteiger partial charge in [-0.2, -0.15) is 13.2 Å². The van der Waals surface area contributed by atoms with Crippen LogP contribution in [0.15, 0.2) is 41.3 Å². The molecule has 0 aliphatic carbocycles. The third-order valence-electron chi connectivity index (χ3n) is 6.21. The summed E-state index contributed by atoms with van der Waals surface area (Å²) in [7, 11) is -3.59. The normalized spacial score (nSPS) is 16.2. The molecular formula is C24H29ClF3N3O3S. The van der Waals surface area contributed by atoms with E-state index in [0.29, 0.717) is 13.1 Å². The minimum atomic E-state index is -4.68. The molecule has 0 aromatic heterocycles. The van der Waals surface area contributed by atoms with E-state index in [-0.39, 0.29) is 45.5 Å². The van der Waals surface area contributed by atoms with Crippen LogP contribution in [0, 0.1) is 0 Å². The van der Waals surface area contributed by atoms with E-state index in [1.165, 1.54) is 37.3 Å². The van der Waals surface area contributed by atoms with Crippen LogP contribution >= 0.6 is 11.6 Å². The van der Waals surface area contributed by atoms with E-state index < -0.39 is 33.5 Å². The fraction of sp³-hybridized carbons (Fsp3) is 0.458. The van der Waals surface area contributed by atoms with Crippen molar-refractivity contribution in [1.29, 1.82) is 0 Å². The highest BCUT2D eigenvalue weighted by Gasteiger charge is 2.37. The maximum atomic E-state index is 14.0. The first-order chi connectivity index (χ1) is 16.5. The van der Waals surface area contributed by atoms with E-state index in [4.69, 9.17) is 17.3 Å². The second-order valence-corrected chi connectivity index (χ2v) is 11.2. The Morgan fingerprint density at radius 2 is 1.83 bits per heavy atom. The molecule has 1 aliphatic heterocycles. The molecule has 3 rings (SSSR count). The first kappa shape index (κ1) is 27.4. The summed E-state index contributed by atoms with van der Waals surface area (Å²) < 4.78 is 66.7. The zero-order chi connectivity index (χ0) is 25.8. The van der Waals surface area contributed by atoms with Gasteiger partial charge in [-0.15, -0.1) is 0 Å². The summed E-state index contributed by atoms with van der Waals surface area (Å²) in [5.41, 5.74) is 5.10. The molecule has 2 aromatic carbocycles. The number of halogens is 4. The van der Waals surface area contributed by atoms with Crippen LogP contribution < -0.4 is 11.1 Å². The fourth-order valence-electron chi connectivity index (χ4n) is 4.36. The lowest BCUT2D eigenvalue weighted by Gasteiger charge is -2.35. The largest absolute Gasteiger partial charge is 0.416 e. The molecule has 1 aliphatic rings. The van der Waals surface area contributed by atoms with Crippen LogP contribution in [0.1, 0.15) is 59.3 Å². The summed E-state index contributed by atoms with van der Waals surface area (Å²) in [6.07, 6.45) is -1.84. The molecule has 6 nitrogen and oxygen atoms in total. The number of amides is 1. The van der Waals surface area contributed by atoms with Gasteiger partial charge in [-0.1, -0.05) is 31.0 Å². The van der Waals surface area contributed by atoms with E-state index >= 15 is 0 Å². The van der Waals surface area contributed by atoms with Gasteiger partial charge in [-0.05, 0) is 67.4 Å². The summed E-state index contributed by atoms with van der Waals surface area (Å²) in [6, 6.07) is 7.09. The minimum Gasteiger partial charge on any atom is -0.348 e. The molecule has 1 heterocycles. The van der Waals surface area contributed by atoms with Crippen LogP contribution in [0.4, 0.5) is 13.2 Å². The Balaban J connectivity index is 1.88. The van der Waals surface area contributed by atoms with E-state index in [0.717, 1.165) is 25.3 Å². The van der Waals surface area contributed by atoms with Crippen molar-refractivity contribution < 1.29 is 26.4 Å². The summed E-state index contributed by atoms with van der Waals surface area (Å²) in [5, 5.41) is 2.80. The average Bonchev–Trinajstić information content (AvgIpc) is 2.83. The Labute approximate surface area is 208 Å². The number of nitrogens with two attached hydrogens (primary N) is 1. The molecule has 1 unspecified atom stereocenters. The molecule has 2 aromatic rings. The first-order valence-electron chi connectivity index (χ1n) is 11.4. The van der Waals surface area contributed by atoms with Gasteiger partial charge in [0.05, 0.1) is 16.2 Å². The average molecular weight is 532 g/mol. The van der Waals surface area contributed by atoms with Crippen molar-refractivity contribution in [3.05, 3.63) is 63.7 Å². The van der Waals surface area contributed by atoms with E-state index in [1.807, 2.05) is 4.90 Å². The standard InChI is InChI=1S/C24H29ClF3N3O3S/c1-2-35(33,34)22-9-7-18(25)12-17(22)15-30-23(32)16-6-8-19(20(13-16)24(26,27)28)21(14-29)31-10-4-3-5-11-31/h6-9,12-13,21H,2-5,10-11,14-15,29H2,1H3,(H,30,32). The van der Waals surface area contributed by atoms with Gasteiger partial charge in [-0.25, -0.2) is 8.42 Å². The monoisotopic (exact) mass is 531 g/mol. The van der Waals surface area contributed by atoms with E-state index in [2.05, 4.69) is 5.32 Å². The smallest absolute Gasteiger partial charge is 0.348 e. The zero-order valence-electron chi connectivity index (χ0n) is 19.4. The molecule has 0 bridgehead atoms. The molecule has 0 spiro atoms. The second kappa shape index (κ2) is 11.3. The first-order valence-corrected chi connectivity index (χ1v) is 13.5. The number of alkyl halides is 3. The molecule has 1 fully saturated rings. The highest BCUT2D eigenvalue weighted by atomic mass is 35.5. The molecule has 0 radical (unpaired) electrons. The van der Waals surface area contributed by atoms with Crippen molar-refractivity contribution in [2.45, 2.75) is 49.8 Å². The summed E-state index contributed by atoms with van der Waals surface area (Å²) >= 11 is 5.99. The van der Waals surface area contributed by atoms with Gasteiger partial charge in [0.25, 0.3) is 5.91 Å². The summed E-state index contributed by atoms with van der Waals surface area (Å²) in [6.45, 7) is 2.65. The number of likely N-dealkylation sites (tertiary alicyclic amines) is 1. The van der Waals surface area contributed by atoms with Crippen molar-refractivity contribution >= 4 is 27.3 Å². The molecule has 1 atom stereocenters. The van der Waals surface area contributed by atoms with Gasteiger partial charge in [0.2, 0.25) is 0 Å². The van der Waals surface area contributed by atoms with Gasteiger partial charge in [0.15, 0.2) is 9.84 Å². The van der Waals surface area contributed by atoms with Gasteiger partial charge in [0.1, 0.15) is 0 Å². The summed E-state index contributed by atoms with van der Waals surface area (Å²) in [4.78, 5) is 14.7. The molecule has 1 saturated heterocycles. The maximum absolute atomic E-state index is 14.0. The lowest BCUT2D eigenvalue weighted by atomic mass is 9.94. The van der Waals surface area contributed by atoms with Crippen LogP contribution in [-0.4, -0.2) is 44.6 Å². The number of piperidine rings is 1. The SMILES string of the molecule is CCS(=O)(=O)c1ccc(Cl)cc1CNC(=O)c1ccc(C(CN)N2CCCCC2)c(C(F)(F)F)c1. The predicted octanol–water partition coefficient (Wildman–Crippen LogP) is 4.57. The van der Waals surface area contributed by atoms with Crippen molar-refractivity contribution in [2.75, 3.05) is 25.4 Å². The van der Waals surface area contributed by atoms with Crippen molar-refractivity contribution in [1.82, 2.24) is 10.2 Å². The Bertz CT molecular complexity index is 1170. The lowest BCUT2D eigenvalue weighted by Crippen LogP contribution is -2.38. The number of carbonyl (C=O) groups is 1. The Kier molecular flexibility index (Phi) is 8.85. The van der Waals surface area contributed by atoms with Crippen LogP contribution in [0.2, 0.25) is 5.02 Å². The second-order valence-electron chi connectivity index (χ2n) is 8.49. The highest BCUT2D eigenvalue weighted by molar-refractivity contribution is 7.91. The van der Waals surface area contributed by atoms with Gasteiger partial charge in [-0.3, -0.25) is 9.69 Å². The number of benzene rings is 2. The predicted molar refractivity (Wildman–Crippen MR) is 129 cm³/mol. The van der Waals surface area contributed by atoms with E-state index in [9.17, 15) is 26.4 Å². The van der Waals surface area contributed by atoms with Gasteiger partial charge >= 0.3 is 6.18 Å².